The highest BCUT2D eigenvalue weighted by Crippen LogP contribution is 2.34. The van der Waals surface area contributed by atoms with Crippen molar-refractivity contribution in [3.05, 3.63) is 69.1 Å². The van der Waals surface area contributed by atoms with Crippen molar-refractivity contribution in [3.63, 3.8) is 0 Å². The van der Waals surface area contributed by atoms with Gasteiger partial charge in [0.1, 0.15) is 28.9 Å². The van der Waals surface area contributed by atoms with Crippen LogP contribution in [0.25, 0.3) is 11.3 Å². The van der Waals surface area contributed by atoms with Crippen LogP contribution in [0.1, 0.15) is 21.7 Å². The van der Waals surface area contributed by atoms with Crippen LogP contribution >= 0.6 is 23.2 Å². The number of nitrogens with one attached hydrogen (secondary N) is 1. The number of carbonyl (C=O) groups is 1. The van der Waals surface area contributed by atoms with Crippen LogP contribution in [-0.4, -0.2) is 11.1 Å². The van der Waals surface area contributed by atoms with Crippen molar-refractivity contribution in [3.8, 4) is 17.3 Å². The molecule has 0 fully saturated rings. The van der Waals surface area contributed by atoms with Crippen LogP contribution in [-0.2, 0) is 0 Å². The summed E-state index contributed by atoms with van der Waals surface area (Å²) >= 11 is 12.0. The first kappa shape index (κ1) is 17.9. The first-order valence-corrected chi connectivity index (χ1v) is 8.09. The first-order chi connectivity index (χ1) is 12.4. The average molecular weight is 390 g/mol. The van der Waals surface area contributed by atoms with Crippen molar-refractivity contribution in [1.82, 2.24) is 5.16 Å². The summed E-state index contributed by atoms with van der Waals surface area (Å²) in [7, 11) is 0. The molecule has 0 spiro atoms. The van der Waals surface area contributed by atoms with E-state index in [0.717, 1.165) is 0 Å². The zero-order chi connectivity index (χ0) is 18.8. The second-order valence-electron chi connectivity index (χ2n) is 5.32. The molecule has 1 N–H and O–H groups in total. The van der Waals surface area contributed by atoms with Crippen LogP contribution in [0, 0.1) is 24.1 Å². The molecule has 0 unspecified atom stereocenters. The third-order valence-electron chi connectivity index (χ3n) is 3.64. The van der Waals surface area contributed by atoms with E-state index in [1.807, 2.05) is 6.07 Å². The number of anilines is 1. The molecule has 3 rings (SSSR count). The number of hydrogen-bond acceptors (Lipinski definition) is 4. The van der Waals surface area contributed by atoms with E-state index in [-0.39, 0.29) is 38.2 Å². The van der Waals surface area contributed by atoms with Gasteiger partial charge in [0.15, 0.2) is 0 Å². The normalized spacial score (nSPS) is 10.4. The molecule has 130 valence electrons. The lowest BCUT2D eigenvalue weighted by molar-refractivity contribution is 0.102. The highest BCUT2D eigenvalue weighted by atomic mass is 35.5. The van der Waals surface area contributed by atoms with Gasteiger partial charge in [-0.25, -0.2) is 4.39 Å². The molecule has 0 saturated heterocycles. The molecule has 0 aliphatic heterocycles. The zero-order valence-corrected chi connectivity index (χ0v) is 14.8. The van der Waals surface area contributed by atoms with Crippen LogP contribution in [0.2, 0.25) is 10.0 Å². The Bertz CT molecular complexity index is 1040. The van der Waals surface area contributed by atoms with E-state index in [1.54, 1.807) is 0 Å². The molecule has 1 heterocycles. The van der Waals surface area contributed by atoms with Gasteiger partial charge >= 0.3 is 0 Å². The van der Waals surface area contributed by atoms with E-state index >= 15 is 0 Å². The fourth-order valence-electron chi connectivity index (χ4n) is 2.41. The van der Waals surface area contributed by atoms with Crippen LogP contribution in [0.15, 0.2) is 40.9 Å². The molecular formula is C18H10Cl2FN3O2. The molecule has 2 aromatic carbocycles. The minimum absolute atomic E-state index is 0.00263. The van der Waals surface area contributed by atoms with Crippen molar-refractivity contribution in [2.75, 3.05) is 5.32 Å². The number of benzene rings is 2. The number of carbonyl (C=O) groups excluding carboxylic acids is 1. The van der Waals surface area contributed by atoms with Gasteiger partial charge < -0.3 is 9.84 Å². The summed E-state index contributed by atoms with van der Waals surface area (Å²) in [5.41, 5.74) is 0.684. The van der Waals surface area contributed by atoms with E-state index in [2.05, 4.69) is 10.5 Å². The summed E-state index contributed by atoms with van der Waals surface area (Å²) in [6.45, 7) is 1.53. The standard InChI is InChI=1S/C18H10Cl2FN3O2/c1-9-15(17(24-26-9)16-12(19)3-2-4-14(16)21)18(25)23-11-6-5-10(8-22)13(20)7-11/h2-7H,1H3,(H,23,25). The average Bonchev–Trinajstić information content (AvgIpc) is 2.96. The highest BCUT2D eigenvalue weighted by molar-refractivity contribution is 6.33. The van der Waals surface area contributed by atoms with Crippen LogP contribution in [0.3, 0.4) is 0 Å². The first-order valence-electron chi connectivity index (χ1n) is 7.34. The van der Waals surface area contributed by atoms with E-state index in [9.17, 15) is 9.18 Å². The summed E-state index contributed by atoms with van der Waals surface area (Å²) < 4.78 is 19.3. The van der Waals surface area contributed by atoms with Gasteiger partial charge in [0.2, 0.25) is 0 Å². The van der Waals surface area contributed by atoms with Gasteiger partial charge in [-0.15, -0.1) is 0 Å². The monoisotopic (exact) mass is 389 g/mol. The number of aromatic nitrogens is 1. The Kier molecular flexibility index (Phi) is 4.94. The Labute approximate surface area is 157 Å². The number of nitrogens with zero attached hydrogens (tertiary/aromatic N) is 2. The summed E-state index contributed by atoms with van der Waals surface area (Å²) in [5.74, 6) is -0.989. The Morgan fingerprint density at radius 1 is 1.27 bits per heavy atom. The molecule has 0 aliphatic carbocycles. The Morgan fingerprint density at radius 3 is 2.69 bits per heavy atom. The smallest absolute Gasteiger partial charge is 0.261 e. The number of nitriles is 1. The van der Waals surface area contributed by atoms with Gasteiger partial charge in [-0.1, -0.05) is 34.4 Å². The SMILES string of the molecule is Cc1onc(-c2c(F)cccc2Cl)c1C(=O)Nc1ccc(C#N)c(Cl)c1. The van der Waals surface area contributed by atoms with Crippen molar-refractivity contribution >= 4 is 34.8 Å². The van der Waals surface area contributed by atoms with Gasteiger partial charge in [0, 0.05) is 5.69 Å². The summed E-state index contributed by atoms with van der Waals surface area (Å²) in [4.78, 5) is 12.7. The number of halogens is 3. The molecular weight excluding hydrogens is 380 g/mol. The molecule has 26 heavy (non-hydrogen) atoms. The quantitative estimate of drug-likeness (QED) is 0.665. The second kappa shape index (κ2) is 7.16. The fourth-order valence-corrected chi connectivity index (χ4v) is 2.89. The molecule has 0 saturated carbocycles. The molecule has 0 aliphatic rings. The predicted octanol–water partition coefficient (Wildman–Crippen LogP) is 5.22. The van der Waals surface area contributed by atoms with Gasteiger partial charge in [0.05, 0.1) is 21.2 Å². The van der Waals surface area contributed by atoms with E-state index in [0.29, 0.717) is 5.69 Å². The maximum atomic E-state index is 14.2. The van der Waals surface area contributed by atoms with Crippen LogP contribution in [0.4, 0.5) is 10.1 Å². The molecule has 0 atom stereocenters. The third-order valence-corrected chi connectivity index (χ3v) is 4.26. The lowest BCUT2D eigenvalue weighted by Crippen LogP contribution is -2.13. The number of aryl methyl sites for hydroxylation is 1. The van der Waals surface area contributed by atoms with Crippen molar-refractivity contribution in [2.45, 2.75) is 6.92 Å². The van der Waals surface area contributed by atoms with Gasteiger partial charge in [-0.2, -0.15) is 5.26 Å². The lowest BCUT2D eigenvalue weighted by atomic mass is 10.0. The van der Waals surface area contributed by atoms with Crippen LogP contribution in [0.5, 0.6) is 0 Å². The molecule has 1 aromatic heterocycles. The Hall–Kier alpha value is -2.88. The highest BCUT2D eigenvalue weighted by Gasteiger charge is 2.25. The van der Waals surface area contributed by atoms with E-state index in [4.69, 9.17) is 33.0 Å². The molecule has 0 bridgehead atoms. The molecule has 5 nitrogen and oxygen atoms in total. The minimum atomic E-state index is -0.624. The minimum Gasteiger partial charge on any atom is -0.360 e. The summed E-state index contributed by atoms with van der Waals surface area (Å²) in [6, 6.07) is 10.5. The maximum absolute atomic E-state index is 14.2. The second-order valence-corrected chi connectivity index (χ2v) is 6.13. The van der Waals surface area contributed by atoms with Gasteiger partial charge in [-0.3, -0.25) is 4.79 Å². The number of amides is 1. The van der Waals surface area contributed by atoms with E-state index in [1.165, 1.54) is 43.3 Å². The topological polar surface area (TPSA) is 78.9 Å². The number of rotatable bonds is 3. The Morgan fingerprint density at radius 2 is 2.04 bits per heavy atom. The molecule has 8 heteroatoms. The zero-order valence-electron chi connectivity index (χ0n) is 13.3. The third kappa shape index (κ3) is 3.27. The molecule has 3 aromatic rings. The van der Waals surface area contributed by atoms with Crippen molar-refractivity contribution in [2.24, 2.45) is 0 Å². The predicted molar refractivity (Wildman–Crippen MR) is 95.8 cm³/mol. The lowest BCUT2D eigenvalue weighted by Gasteiger charge is -2.08. The van der Waals surface area contributed by atoms with Crippen molar-refractivity contribution in [1.29, 1.82) is 5.26 Å². The Balaban J connectivity index is 2.00. The maximum Gasteiger partial charge on any atom is 0.261 e. The van der Waals surface area contributed by atoms with E-state index < -0.39 is 11.7 Å². The summed E-state index contributed by atoms with van der Waals surface area (Å²) in [5, 5.41) is 15.6. The molecule has 0 radical (unpaired) electrons. The number of hydrogen-bond donors (Lipinski definition) is 1. The van der Waals surface area contributed by atoms with Crippen LogP contribution < -0.4 is 5.32 Å². The van der Waals surface area contributed by atoms with Gasteiger partial charge in [0.25, 0.3) is 5.91 Å². The van der Waals surface area contributed by atoms with Crippen molar-refractivity contribution < 1.29 is 13.7 Å². The summed E-state index contributed by atoms with van der Waals surface area (Å²) in [6.07, 6.45) is 0. The van der Waals surface area contributed by atoms with Gasteiger partial charge in [-0.05, 0) is 37.3 Å². The molecule has 1 amide bonds. The largest absolute Gasteiger partial charge is 0.360 e. The fraction of sp³-hybridized carbons (Fsp3) is 0.0556.